The molecule has 1 fully saturated rings. The zero-order valence-electron chi connectivity index (χ0n) is 26.9. The number of aliphatic hydroxyl groups is 2. The van der Waals surface area contributed by atoms with Crippen LogP contribution in [0.1, 0.15) is 28.7 Å². The van der Waals surface area contributed by atoms with Crippen molar-refractivity contribution in [3.8, 4) is 5.75 Å². The number of likely N-dealkylation sites (N-methyl/N-ethyl adjacent to an activating group) is 1. The van der Waals surface area contributed by atoms with Crippen LogP contribution in [0.4, 0.5) is 5.69 Å². The molecule has 244 valence electrons. The number of ketones is 2. The fourth-order valence-corrected chi connectivity index (χ4v) is 7.36. The fraction of sp³-hybridized carbons (Fsp3) is 0.324. The number of benzene rings is 3. The van der Waals surface area contributed by atoms with E-state index in [1.807, 2.05) is 85.7 Å². The van der Waals surface area contributed by atoms with Crippen molar-refractivity contribution in [2.75, 3.05) is 33.1 Å². The summed E-state index contributed by atoms with van der Waals surface area (Å²) in [6.45, 7) is 0.270. The molecular formula is C37H39N3O7. The topological polar surface area (TPSA) is 143 Å². The second-order valence-electron chi connectivity index (χ2n) is 12.8. The molecule has 10 nitrogen and oxygen atoms in total. The molecule has 4 unspecified atom stereocenters. The fourth-order valence-electron chi connectivity index (χ4n) is 7.36. The van der Waals surface area contributed by atoms with Crippen molar-refractivity contribution in [3.05, 3.63) is 112 Å². The van der Waals surface area contributed by atoms with Crippen molar-refractivity contribution >= 4 is 28.9 Å². The normalized spacial score (nSPS) is 23.7. The van der Waals surface area contributed by atoms with E-state index in [2.05, 4.69) is 0 Å². The van der Waals surface area contributed by atoms with E-state index >= 15 is 0 Å². The van der Waals surface area contributed by atoms with Gasteiger partial charge in [-0.1, -0.05) is 60.7 Å². The van der Waals surface area contributed by atoms with Gasteiger partial charge in [0.05, 0.1) is 11.6 Å². The Balaban J connectivity index is 1.46. The number of hydrogen-bond acceptors (Lipinski definition) is 9. The largest absolute Gasteiger partial charge is 0.507 e. The van der Waals surface area contributed by atoms with Crippen molar-refractivity contribution in [1.82, 2.24) is 4.90 Å². The average Bonchev–Trinajstić information content (AvgIpc) is 3.04. The number of anilines is 1. The Hall–Kier alpha value is -4.93. The van der Waals surface area contributed by atoms with Crippen LogP contribution in [-0.2, 0) is 38.8 Å². The van der Waals surface area contributed by atoms with Gasteiger partial charge in [-0.05, 0) is 61.7 Å². The lowest BCUT2D eigenvalue weighted by molar-refractivity contribution is -0.162. The Labute approximate surface area is 273 Å². The van der Waals surface area contributed by atoms with Crippen LogP contribution >= 0.6 is 0 Å². The highest BCUT2D eigenvalue weighted by Crippen LogP contribution is 2.53. The molecule has 0 spiro atoms. The van der Waals surface area contributed by atoms with E-state index in [1.165, 1.54) is 0 Å². The SMILES string of the molecule is CN(C)c1ccc(OCc2ccccc2)c2c1CC1CC3C(N(C)C)C(OCc4ccccc4)=C(C(N)=O)C(=O)C3(O)C(=O)C1=C2O. The maximum absolute atomic E-state index is 14.5. The number of ether oxygens (including phenoxy) is 2. The Morgan fingerprint density at radius 2 is 1.49 bits per heavy atom. The Kier molecular flexibility index (Phi) is 8.42. The summed E-state index contributed by atoms with van der Waals surface area (Å²) in [5, 5.41) is 24.1. The van der Waals surface area contributed by atoms with Crippen LogP contribution in [0.15, 0.2) is 89.7 Å². The van der Waals surface area contributed by atoms with E-state index in [0.29, 0.717) is 17.7 Å². The standard InChI is InChI=1S/C37H39N3O7/c1-39(2)26-15-16-27(46-19-21-11-7-5-8-12-21)29-24(26)17-23-18-25-31(40(3)4)33(47-20-22-13-9-6-10-14-22)30(36(38)44)35(43)37(25,45)34(42)28(23)32(29)41/h5-16,23,25,31,41,45H,17-20H2,1-4H3,(H2,38,44). The number of fused-ring (bicyclic) bond motifs is 3. The highest BCUT2D eigenvalue weighted by Gasteiger charge is 2.65. The van der Waals surface area contributed by atoms with Crippen LogP contribution in [-0.4, -0.2) is 72.4 Å². The maximum atomic E-state index is 14.5. The second kappa shape index (κ2) is 12.4. The molecule has 4 atom stereocenters. The van der Waals surface area contributed by atoms with E-state index in [0.717, 1.165) is 22.4 Å². The minimum atomic E-state index is -2.65. The summed E-state index contributed by atoms with van der Waals surface area (Å²) in [5.41, 5.74) is 6.20. The molecule has 47 heavy (non-hydrogen) atoms. The number of nitrogens with zero attached hydrogens (tertiary/aromatic N) is 2. The van der Waals surface area contributed by atoms with Crippen molar-refractivity contribution in [2.24, 2.45) is 17.6 Å². The highest BCUT2D eigenvalue weighted by atomic mass is 16.5. The summed E-state index contributed by atoms with van der Waals surface area (Å²) in [4.78, 5) is 45.2. The molecule has 1 saturated carbocycles. The minimum Gasteiger partial charge on any atom is -0.507 e. The zero-order valence-corrected chi connectivity index (χ0v) is 26.9. The van der Waals surface area contributed by atoms with Crippen LogP contribution < -0.4 is 15.4 Å². The third kappa shape index (κ3) is 5.37. The first kappa shape index (κ1) is 32.0. The molecule has 0 saturated heterocycles. The summed E-state index contributed by atoms with van der Waals surface area (Å²) in [6, 6.07) is 21.6. The van der Waals surface area contributed by atoms with Crippen LogP contribution in [0.2, 0.25) is 0 Å². The van der Waals surface area contributed by atoms with Crippen molar-refractivity contribution < 1.29 is 34.1 Å². The number of carbonyl (C=O) groups excluding carboxylic acids is 3. The van der Waals surface area contributed by atoms with Gasteiger partial charge < -0.3 is 30.3 Å². The number of amides is 1. The Morgan fingerprint density at radius 1 is 0.894 bits per heavy atom. The number of rotatable bonds is 9. The molecule has 3 aromatic rings. The van der Waals surface area contributed by atoms with Gasteiger partial charge in [0.1, 0.15) is 36.1 Å². The molecule has 3 aromatic carbocycles. The molecule has 1 amide bonds. The van der Waals surface area contributed by atoms with E-state index in [4.69, 9.17) is 15.2 Å². The summed E-state index contributed by atoms with van der Waals surface area (Å²) in [5.74, 6) is -4.64. The number of nitrogens with two attached hydrogens (primary N) is 1. The van der Waals surface area contributed by atoms with E-state index in [9.17, 15) is 24.6 Å². The molecule has 0 radical (unpaired) electrons. The molecule has 4 N–H and O–H groups in total. The van der Waals surface area contributed by atoms with Gasteiger partial charge in [0.2, 0.25) is 11.6 Å². The van der Waals surface area contributed by atoms with Crippen LogP contribution in [0.25, 0.3) is 5.76 Å². The van der Waals surface area contributed by atoms with E-state index in [-0.39, 0.29) is 36.7 Å². The lowest BCUT2D eigenvalue weighted by Crippen LogP contribution is -2.67. The van der Waals surface area contributed by atoms with Gasteiger partial charge in [-0.25, -0.2) is 0 Å². The minimum absolute atomic E-state index is 0.0252. The number of aliphatic hydroxyl groups excluding tert-OH is 1. The van der Waals surface area contributed by atoms with Gasteiger partial charge >= 0.3 is 0 Å². The van der Waals surface area contributed by atoms with E-state index < -0.39 is 46.5 Å². The summed E-state index contributed by atoms with van der Waals surface area (Å²) in [6.07, 6.45) is 0.506. The van der Waals surface area contributed by atoms with Crippen molar-refractivity contribution in [3.63, 3.8) is 0 Å². The van der Waals surface area contributed by atoms with Gasteiger partial charge in [0.15, 0.2) is 5.60 Å². The third-order valence-electron chi connectivity index (χ3n) is 9.49. The lowest BCUT2D eigenvalue weighted by Gasteiger charge is -2.50. The van der Waals surface area contributed by atoms with Crippen LogP contribution in [0, 0.1) is 11.8 Å². The summed E-state index contributed by atoms with van der Waals surface area (Å²) >= 11 is 0. The second-order valence-corrected chi connectivity index (χ2v) is 12.8. The van der Waals surface area contributed by atoms with E-state index in [1.54, 1.807) is 25.1 Å². The van der Waals surface area contributed by atoms with Crippen LogP contribution in [0.5, 0.6) is 5.75 Å². The van der Waals surface area contributed by atoms with Crippen molar-refractivity contribution in [2.45, 2.75) is 37.7 Å². The molecule has 6 rings (SSSR count). The summed E-state index contributed by atoms with van der Waals surface area (Å²) < 4.78 is 12.4. The predicted octanol–water partition coefficient (Wildman–Crippen LogP) is 3.56. The van der Waals surface area contributed by atoms with Gasteiger partial charge in [-0.2, -0.15) is 0 Å². The molecule has 0 heterocycles. The zero-order chi connectivity index (χ0) is 33.6. The van der Waals surface area contributed by atoms with Gasteiger partial charge in [0.25, 0.3) is 5.91 Å². The molecule has 0 aliphatic heterocycles. The quantitative estimate of drug-likeness (QED) is 0.237. The number of hydrogen-bond donors (Lipinski definition) is 3. The number of carbonyl (C=O) groups is 3. The van der Waals surface area contributed by atoms with Gasteiger partial charge in [-0.15, -0.1) is 0 Å². The molecular weight excluding hydrogens is 598 g/mol. The highest BCUT2D eigenvalue weighted by molar-refractivity contribution is 6.33. The molecule has 10 heteroatoms. The predicted molar refractivity (Wildman–Crippen MR) is 176 cm³/mol. The molecule has 0 aromatic heterocycles. The maximum Gasteiger partial charge on any atom is 0.255 e. The Bertz CT molecular complexity index is 1800. The first-order chi connectivity index (χ1) is 22.4. The Morgan fingerprint density at radius 3 is 2.04 bits per heavy atom. The van der Waals surface area contributed by atoms with Gasteiger partial charge in [0, 0.05) is 31.3 Å². The summed E-state index contributed by atoms with van der Waals surface area (Å²) in [7, 11) is 7.26. The first-order valence-electron chi connectivity index (χ1n) is 15.6. The third-order valence-corrected chi connectivity index (χ3v) is 9.49. The van der Waals surface area contributed by atoms with Crippen LogP contribution in [0.3, 0.4) is 0 Å². The number of Topliss-reactive ketones (excluding diaryl/α,β-unsaturated/α-hetero) is 2. The lowest BCUT2D eigenvalue weighted by atomic mass is 9.57. The smallest absolute Gasteiger partial charge is 0.255 e. The molecule has 0 bridgehead atoms. The first-order valence-corrected chi connectivity index (χ1v) is 15.6. The number of primary amides is 1. The average molecular weight is 638 g/mol. The molecule has 3 aliphatic carbocycles. The molecule has 3 aliphatic rings. The van der Waals surface area contributed by atoms with Crippen molar-refractivity contribution in [1.29, 1.82) is 0 Å². The van der Waals surface area contributed by atoms with Gasteiger partial charge in [-0.3, -0.25) is 19.3 Å². The monoisotopic (exact) mass is 637 g/mol.